The maximum Gasteiger partial charge on any atom is 0.317 e. The first-order valence-electron chi connectivity index (χ1n) is 8.56. The van der Waals surface area contributed by atoms with Gasteiger partial charge >= 0.3 is 5.97 Å². The van der Waals surface area contributed by atoms with Crippen LogP contribution in [0.15, 0.2) is 41.8 Å². The summed E-state index contributed by atoms with van der Waals surface area (Å²) in [5.74, 6) is 0.161. The van der Waals surface area contributed by atoms with Crippen LogP contribution in [0.1, 0.15) is 28.8 Å². The molecule has 2 aromatic rings. The summed E-state index contributed by atoms with van der Waals surface area (Å²) in [5, 5.41) is 11.2. The first kappa shape index (κ1) is 19.0. The molecule has 1 N–H and O–H groups in total. The number of likely N-dealkylation sites (tertiary alicyclic amines) is 1. The van der Waals surface area contributed by atoms with E-state index < -0.39 is 5.97 Å². The Balaban J connectivity index is 0.00000196. The molecule has 1 aromatic carbocycles. The fourth-order valence-electron chi connectivity index (χ4n) is 3.67. The number of hydrogen-bond acceptors (Lipinski definition) is 4. The van der Waals surface area contributed by atoms with Crippen molar-refractivity contribution in [2.75, 3.05) is 19.6 Å². The molecule has 0 atom stereocenters. The highest BCUT2D eigenvalue weighted by atomic mass is 35.5. The van der Waals surface area contributed by atoms with Crippen LogP contribution >= 0.6 is 23.7 Å². The lowest BCUT2D eigenvalue weighted by molar-refractivity contribution is -0.139. The minimum absolute atomic E-state index is 0. The number of halogens is 1. The van der Waals surface area contributed by atoms with Crippen LogP contribution in [0.4, 0.5) is 0 Å². The third kappa shape index (κ3) is 3.65. The van der Waals surface area contributed by atoms with E-state index in [1.807, 2.05) is 23.1 Å². The summed E-state index contributed by atoms with van der Waals surface area (Å²) in [6.45, 7) is 3.70. The lowest BCUT2D eigenvalue weighted by Gasteiger charge is -2.42. The van der Waals surface area contributed by atoms with Crippen molar-refractivity contribution in [3.8, 4) is 5.75 Å². The number of benzene rings is 1. The Morgan fingerprint density at radius 2 is 2.04 bits per heavy atom. The normalized spacial score (nSPS) is 18.4. The number of aryl methyl sites for hydroxylation is 1. The Morgan fingerprint density at radius 3 is 2.69 bits per heavy atom. The van der Waals surface area contributed by atoms with E-state index in [4.69, 9.17) is 9.84 Å². The van der Waals surface area contributed by atoms with Crippen molar-refractivity contribution in [2.45, 2.75) is 25.4 Å². The second-order valence-corrected chi connectivity index (χ2v) is 7.79. The maximum atomic E-state index is 11.0. The first-order valence-corrected chi connectivity index (χ1v) is 9.44. The zero-order valence-electron chi connectivity index (χ0n) is 14.6. The number of carbonyl (C=O) groups is 1. The van der Waals surface area contributed by atoms with Crippen molar-refractivity contribution in [3.63, 3.8) is 0 Å². The molecule has 6 heteroatoms. The van der Waals surface area contributed by atoms with Gasteiger partial charge in [0.25, 0.3) is 0 Å². The number of ether oxygens (including phenoxy) is 1. The Hall–Kier alpha value is -1.82. The number of aliphatic carboxylic acids is 1. The third-order valence-electron chi connectivity index (χ3n) is 4.96. The van der Waals surface area contributed by atoms with Crippen LogP contribution < -0.4 is 4.74 Å². The van der Waals surface area contributed by atoms with Crippen LogP contribution in [0.2, 0.25) is 0 Å². The molecule has 2 aliphatic heterocycles. The van der Waals surface area contributed by atoms with Gasteiger partial charge in [0.15, 0.2) is 0 Å². The van der Waals surface area contributed by atoms with Crippen molar-refractivity contribution in [1.29, 1.82) is 0 Å². The van der Waals surface area contributed by atoms with Crippen molar-refractivity contribution in [1.82, 2.24) is 4.90 Å². The van der Waals surface area contributed by atoms with E-state index in [0.29, 0.717) is 0 Å². The number of piperidine rings is 1. The van der Waals surface area contributed by atoms with E-state index in [1.54, 1.807) is 11.3 Å². The highest BCUT2D eigenvalue weighted by molar-refractivity contribution is 7.11. The second-order valence-electron chi connectivity index (χ2n) is 6.88. The third-order valence-corrected chi connectivity index (χ3v) is 6.04. The van der Waals surface area contributed by atoms with E-state index >= 15 is 0 Å². The predicted molar refractivity (Wildman–Crippen MR) is 106 cm³/mol. The van der Waals surface area contributed by atoms with Gasteiger partial charge in [0.2, 0.25) is 0 Å². The van der Waals surface area contributed by atoms with Crippen molar-refractivity contribution in [3.05, 3.63) is 57.8 Å². The molecule has 0 radical (unpaired) electrons. The monoisotopic (exact) mass is 391 g/mol. The quantitative estimate of drug-likeness (QED) is 0.850. The SMILES string of the molecule is Cc1csc(C2=CC3(CCN(CC(=O)O)CC3)Oc3ccccc32)c1.Cl. The standard InChI is InChI=1S/C20H21NO3S.ClH/c1-14-10-18(25-13-14)16-11-20(24-17-5-3-2-4-15(16)17)6-8-21(9-7-20)12-19(22)23;/h2-5,10-11,13H,6-9,12H2,1H3,(H,22,23);1H. The molecule has 0 aliphatic carbocycles. The number of carboxylic acids is 1. The van der Waals surface area contributed by atoms with E-state index in [0.717, 1.165) is 37.2 Å². The fraction of sp³-hybridized carbons (Fsp3) is 0.350. The number of thiophene rings is 1. The van der Waals surface area contributed by atoms with Gasteiger partial charge in [0.05, 0.1) is 6.54 Å². The number of hydrogen-bond donors (Lipinski definition) is 1. The zero-order valence-corrected chi connectivity index (χ0v) is 16.2. The zero-order chi connectivity index (χ0) is 17.4. The minimum atomic E-state index is -0.767. The summed E-state index contributed by atoms with van der Waals surface area (Å²) in [5.41, 5.74) is 3.32. The average Bonchev–Trinajstić information content (AvgIpc) is 3.02. The molecule has 1 saturated heterocycles. The molecule has 1 fully saturated rings. The molecule has 4 nitrogen and oxygen atoms in total. The summed E-state index contributed by atoms with van der Waals surface area (Å²) in [7, 11) is 0. The van der Waals surface area contributed by atoms with Gasteiger partial charge in [0, 0.05) is 41.9 Å². The molecule has 0 amide bonds. The van der Waals surface area contributed by atoms with Gasteiger partial charge in [-0.2, -0.15) is 0 Å². The number of para-hydroxylation sites is 1. The molecule has 3 heterocycles. The predicted octanol–water partition coefficient (Wildman–Crippen LogP) is 4.22. The highest BCUT2D eigenvalue weighted by Gasteiger charge is 2.39. The molecule has 138 valence electrons. The largest absolute Gasteiger partial charge is 0.482 e. The Kier molecular flexibility index (Phi) is 5.42. The van der Waals surface area contributed by atoms with Crippen LogP contribution in [0.3, 0.4) is 0 Å². The van der Waals surface area contributed by atoms with Gasteiger partial charge in [-0.25, -0.2) is 0 Å². The van der Waals surface area contributed by atoms with Gasteiger partial charge in [-0.3, -0.25) is 9.69 Å². The molecule has 0 saturated carbocycles. The topological polar surface area (TPSA) is 49.8 Å². The van der Waals surface area contributed by atoms with Crippen LogP contribution in [0.25, 0.3) is 5.57 Å². The summed E-state index contributed by atoms with van der Waals surface area (Å²) in [4.78, 5) is 14.2. The van der Waals surface area contributed by atoms with Gasteiger partial charge in [-0.1, -0.05) is 18.2 Å². The average molecular weight is 392 g/mol. The van der Waals surface area contributed by atoms with E-state index in [-0.39, 0.29) is 24.6 Å². The number of rotatable bonds is 3. The minimum Gasteiger partial charge on any atom is -0.482 e. The molecule has 4 rings (SSSR count). The lowest BCUT2D eigenvalue weighted by Crippen LogP contribution is -2.49. The molecular formula is C20H22ClNO3S. The van der Waals surface area contributed by atoms with Crippen molar-refractivity contribution in [2.24, 2.45) is 0 Å². The molecular weight excluding hydrogens is 370 g/mol. The number of nitrogens with zero attached hydrogens (tertiary/aromatic N) is 1. The van der Waals surface area contributed by atoms with Gasteiger partial charge in [-0.05, 0) is 36.1 Å². The van der Waals surface area contributed by atoms with E-state index in [9.17, 15) is 4.79 Å². The molecule has 0 unspecified atom stereocenters. The highest BCUT2D eigenvalue weighted by Crippen LogP contribution is 2.44. The molecule has 26 heavy (non-hydrogen) atoms. The summed E-state index contributed by atoms with van der Waals surface area (Å²) in [6, 6.07) is 10.4. The Labute approximate surface area is 163 Å². The van der Waals surface area contributed by atoms with Crippen LogP contribution in [0.5, 0.6) is 5.75 Å². The number of carboxylic acid groups (broad SMARTS) is 1. The molecule has 1 spiro atoms. The first-order chi connectivity index (χ1) is 12.0. The molecule has 2 aliphatic rings. The second kappa shape index (κ2) is 7.43. The number of fused-ring (bicyclic) bond motifs is 1. The molecule has 0 bridgehead atoms. The summed E-state index contributed by atoms with van der Waals surface area (Å²) >= 11 is 1.76. The van der Waals surface area contributed by atoms with E-state index in [2.05, 4.69) is 30.5 Å². The van der Waals surface area contributed by atoms with Crippen LogP contribution in [-0.2, 0) is 4.79 Å². The van der Waals surface area contributed by atoms with Gasteiger partial charge in [0.1, 0.15) is 11.4 Å². The van der Waals surface area contributed by atoms with Gasteiger partial charge < -0.3 is 9.84 Å². The summed E-state index contributed by atoms with van der Waals surface area (Å²) < 4.78 is 6.43. The Morgan fingerprint density at radius 1 is 1.31 bits per heavy atom. The van der Waals surface area contributed by atoms with Crippen LogP contribution in [-0.4, -0.2) is 41.2 Å². The van der Waals surface area contributed by atoms with Crippen molar-refractivity contribution >= 4 is 35.3 Å². The molecule has 1 aromatic heterocycles. The smallest absolute Gasteiger partial charge is 0.317 e. The van der Waals surface area contributed by atoms with Crippen LogP contribution in [0, 0.1) is 6.92 Å². The van der Waals surface area contributed by atoms with E-state index in [1.165, 1.54) is 16.0 Å². The summed E-state index contributed by atoms with van der Waals surface area (Å²) in [6.07, 6.45) is 3.89. The maximum absolute atomic E-state index is 11.0. The fourth-order valence-corrected chi connectivity index (χ4v) is 4.60. The lowest BCUT2D eigenvalue weighted by atomic mass is 9.84. The van der Waals surface area contributed by atoms with Crippen molar-refractivity contribution < 1.29 is 14.6 Å². The Bertz CT molecular complexity index is 837. The van der Waals surface area contributed by atoms with Gasteiger partial charge in [-0.15, -0.1) is 23.7 Å².